The number of rotatable bonds is 1. The van der Waals surface area contributed by atoms with Gasteiger partial charge in [0.25, 0.3) is 0 Å². The SMILES string of the molecule is CC.Cc1nc(C)c(C(=O)O)s1. The first-order valence-electron chi connectivity index (χ1n) is 3.78. The predicted molar refractivity (Wildman–Crippen MR) is 49.9 cm³/mol. The minimum absolute atomic E-state index is 0.345. The summed E-state index contributed by atoms with van der Waals surface area (Å²) in [6.07, 6.45) is 0. The molecule has 1 rings (SSSR count). The quantitative estimate of drug-likeness (QED) is 0.734. The van der Waals surface area contributed by atoms with Gasteiger partial charge in [0.2, 0.25) is 0 Å². The van der Waals surface area contributed by atoms with Gasteiger partial charge in [-0.1, -0.05) is 13.8 Å². The minimum Gasteiger partial charge on any atom is -0.477 e. The molecule has 0 unspecified atom stereocenters. The average Bonchev–Trinajstić information content (AvgIpc) is 2.34. The minimum atomic E-state index is -0.886. The fourth-order valence-electron chi connectivity index (χ4n) is 0.730. The van der Waals surface area contributed by atoms with E-state index in [0.29, 0.717) is 10.6 Å². The first kappa shape index (κ1) is 11.1. The fourth-order valence-corrected chi connectivity index (χ4v) is 1.49. The highest BCUT2D eigenvalue weighted by Gasteiger charge is 2.10. The van der Waals surface area contributed by atoms with E-state index in [4.69, 9.17) is 5.11 Å². The fraction of sp³-hybridized carbons (Fsp3) is 0.500. The summed E-state index contributed by atoms with van der Waals surface area (Å²) in [5.41, 5.74) is 0.606. The van der Waals surface area contributed by atoms with Crippen molar-refractivity contribution in [3.63, 3.8) is 0 Å². The van der Waals surface area contributed by atoms with E-state index in [1.165, 1.54) is 11.3 Å². The monoisotopic (exact) mass is 187 g/mol. The maximum atomic E-state index is 10.4. The van der Waals surface area contributed by atoms with Gasteiger partial charge in [0, 0.05) is 0 Å². The zero-order chi connectivity index (χ0) is 9.72. The molecule has 3 nitrogen and oxygen atoms in total. The molecule has 0 saturated heterocycles. The van der Waals surface area contributed by atoms with Gasteiger partial charge in [0.1, 0.15) is 4.88 Å². The maximum Gasteiger partial charge on any atom is 0.347 e. The summed E-state index contributed by atoms with van der Waals surface area (Å²) in [5.74, 6) is -0.886. The van der Waals surface area contributed by atoms with Crippen LogP contribution in [0.5, 0.6) is 0 Å². The number of aromatic nitrogens is 1. The Bertz CT molecular complexity index is 268. The normalized spacial score (nSPS) is 8.67. The Balaban J connectivity index is 0.000000561. The molecule has 0 aliphatic rings. The van der Waals surface area contributed by atoms with Crippen LogP contribution < -0.4 is 0 Å². The Morgan fingerprint density at radius 2 is 1.92 bits per heavy atom. The van der Waals surface area contributed by atoms with Crippen molar-refractivity contribution in [1.29, 1.82) is 0 Å². The molecule has 0 aromatic carbocycles. The van der Waals surface area contributed by atoms with E-state index in [2.05, 4.69) is 4.98 Å². The summed E-state index contributed by atoms with van der Waals surface area (Å²) < 4.78 is 0. The number of nitrogens with zero attached hydrogens (tertiary/aromatic N) is 1. The molecular formula is C8H13NO2S. The molecule has 4 heteroatoms. The smallest absolute Gasteiger partial charge is 0.347 e. The lowest BCUT2D eigenvalue weighted by atomic mass is 10.4. The Hall–Kier alpha value is -0.900. The molecule has 0 radical (unpaired) electrons. The molecule has 0 bridgehead atoms. The van der Waals surface area contributed by atoms with Crippen molar-refractivity contribution in [3.8, 4) is 0 Å². The molecule has 0 fully saturated rings. The highest BCUT2D eigenvalue weighted by Crippen LogP contribution is 2.16. The molecular weight excluding hydrogens is 174 g/mol. The van der Waals surface area contributed by atoms with Crippen molar-refractivity contribution in [2.75, 3.05) is 0 Å². The van der Waals surface area contributed by atoms with E-state index in [1.807, 2.05) is 13.8 Å². The summed E-state index contributed by atoms with van der Waals surface area (Å²) >= 11 is 1.21. The lowest BCUT2D eigenvalue weighted by Gasteiger charge is -1.84. The van der Waals surface area contributed by atoms with Gasteiger partial charge >= 0.3 is 5.97 Å². The van der Waals surface area contributed by atoms with Crippen molar-refractivity contribution < 1.29 is 9.90 Å². The number of aromatic carboxylic acids is 1. The predicted octanol–water partition coefficient (Wildman–Crippen LogP) is 2.48. The van der Waals surface area contributed by atoms with Gasteiger partial charge < -0.3 is 5.11 Å². The standard InChI is InChI=1S/C6H7NO2S.C2H6/c1-3-5(6(8)9)10-4(2)7-3;1-2/h1-2H3,(H,8,9);1-2H3. The van der Waals surface area contributed by atoms with Gasteiger partial charge in [-0.2, -0.15) is 0 Å². The number of hydrogen-bond acceptors (Lipinski definition) is 3. The summed E-state index contributed by atoms with van der Waals surface area (Å²) in [6, 6.07) is 0. The third-order valence-electron chi connectivity index (χ3n) is 1.10. The molecule has 0 amide bonds. The second kappa shape index (κ2) is 4.87. The molecule has 0 aliphatic heterocycles. The van der Waals surface area contributed by atoms with Crippen LogP contribution in [0.25, 0.3) is 0 Å². The van der Waals surface area contributed by atoms with Crippen LogP contribution in [0.15, 0.2) is 0 Å². The van der Waals surface area contributed by atoms with Gasteiger partial charge in [-0.15, -0.1) is 11.3 Å². The third kappa shape index (κ3) is 2.62. The summed E-state index contributed by atoms with van der Waals surface area (Å²) in [5, 5.41) is 9.35. The van der Waals surface area contributed by atoms with Crippen molar-refractivity contribution in [2.24, 2.45) is 0 Å². The van der Waals surface area contributed by atoms with Crippen molar-refractivity contribution in [1.82, 2.24) is 4.98 Å². The largest absolute Gasteiger partial charge is 0.477 e. The first-order chi connectivity index (χ1) is 5.61. The van der Waals surface area contributed by atoms with Crippen LogP contribution >= 0.6 is 11.3 Å². The van der Waals surface area contributed by atoms with E-state index in [1.54, 1.807) is 13.8 Å². The molecule has 12 heavy (non-hydrogen) atoms. The Labute approximate surface area is 76.1 Å². The van der Waals surface area contributed by atoms with E-state index in [-0.39, 0.29) is 0 Å². The Kier molecular flexibility index (Phi) is 4.51. The van der Waals surface area contributed by atoms with Crippen LogP contribution in [0.4, 0.5) is 0 Å². The number of thiazole rings is 1. The van der Waals surface area contributed by atoms with Gasteiger partial charge in [-0.3, -0.25) is 0 Å². The van der Waals surface area contributed by atoms with Gasteiger partial charge in [0.05, 0.1) is 10.7 Å². The van der Waals surface area contributed by atoms with E-state index in [0.717, 1.165) is 5.01 Å². The molecule has 1 heterocycles. The van der Waals surface area contributed by atoms with Gasteiger partial charge in [0.15, 0.2) is 0 Å². The number of aryl methyl sites for hydroxylation is 2. The number of hydrogen-bond donors (Lipinski definition) is 1. The second-order valence-corrected chi connectivity index (χ2v) is 3.16. The zero-order valence-electron chi connectivity index (χ0n) is 7.71. The maximum absolute atomic E-state index is 10.4. The molecule has 1 N–H and O–H groups in total. The summed E-state index contributed by atoms with van der Waals surface area (Å²) in [7, 11) is 0. The lowest BCUT2D eigenvalue weighted by Crippen LogP contribution is -1.94. The van der Waals surface area contributed by atoms with Gasteiger partial charge in [-0.05, 0) is 13.8 Å². The van der Waals surface area contributed by atoms with Crippen molar-refractivity contribution in [3.05, 3.63) is 15.6 Å². The molecule has 68 valence electrons. The van der Waals surface area contributed by atoms with Crippen molar-refractivity contribution in [2.45, 2.75) is 27.7 Å². The second-order valence-electron chi connectivity index (χ2n) is 1.95. The van der Waals surface area contributed by atoms with E-state index in [9.17, 15) is 4.79 Å². The number of carbonyl (C=O) groups is 1. The molecule has 0 aliphatic carbocycles. The molecule has 1 aromatic rings. The third-order valence-corrected chi connectivity index (χ3v) is 2.16. The summed E-state index contributed by atoms with van der Waals surface area (Å²) in [6.45, 7) is 7.50. The van der Waals surface area contributed by atoms with E-state index < -0.39 is 5.97 Å². The lowest BCUT2D eigenvalue weighted by molar-refractivity contribution is 0.0701. The molecule has 0 spiro atoms. The highest BCUT2D eigenvalue weighted by atomic mass is 32.1. The Morgan fingerprint density at radius 1 is 1.42 bits per heavy atom. The van der Waals surface area contributed by atoms with Crippen LogP contribution in [-0.4, -0.2) is 16.1 Å². The van der Waals surface area contributed by atoms with Gasteiger partial charge in [-0.25, -0.2) is 9.78 Å². The van der Waals surface area contributed by atoms with E-state index >= 15 is 0 Å². The highest BCUT2D eigenvalue weighted by molar-refractivity contribution is 7.13. The van der Waals surface area contributed by atoms with Crippen LogP contribution in [0.2, 0.25) is 0 Å². The molecule has 0 saturated carbocycles. The van der Waals surface area contributed by atoms with Crippen LogP contribution in [0, 0.1) is 13.8 Å². The molecule has 0 atom stereocenters. The Morgan fingerprint density at radius 3 is 2.08 bits per heavy atom. The first-order valence-corrected chi connectivity index (χ1v) is 4.60. The topological polar surface area (TPSA) is 50.2 Å². The van der Waals surface area contributed by atoms with Crippen LogP contribution in [0.3, 0.4) is 0 Å². The number of carboxylic acids is 1. The molecule has 1 aromatic heterocycles. The number of carboxylic acid groups (broad SMARTS) is 1. The summed E-state index contributed by atoms with van der Waals surface area (Å²) in [4.78, 5) is 14.7. The zero-order valence-corrected chi connectivity index (χ0v) is 8.53. The average molecular weight is 187 g/mol. The van der Waals surface area contributed by atoms with Crippen LogP contribution in [-0.2, 0) is 0 Å². The van der Waals surface area contributed by atoms with Crippen LogP contribution in [0.1, 0.15) is 34.2 Å². The van der Waals surface area contributed by atoms with Crippen molar-refractivity contribution >= 4 is 17.3 Å².